The van der Waals surface area contributed by atoms with Crippen LogP contribution < -0.4 is 0 Å². The Morgan fingerprint density at radius 3 is 1.60 bits per heavy atom. The van der Waals surface area contributed by atoms with Crippen molar-refractivity contribution in [3.8, 4) is 0 Å². The summed E-state index contributed by atoms with van der Waals surface area (Å²) in [5.41, 5.74) is -12.2. The third kappa shape index (κ3) is 2.79. The predicted octanol–water partition coefficient (Wildman–Crippen LogP) is 2.54. The van der Waals surface area contributed by atoms with Gasteiger partial charge in [-0.25, -0.2) is 35.9 Å². The van der Waals surface area contributed by atoms with E-state index in [2.05, 4.69) is 0 Å². The van der Waals surface area contributed by atoms with Gasteiger partial charge in [0.15, 0.2) is 17.8 Å². The number of benzene rings is 1. The van der Waals surface area contributed by atoms with Crippen LogP contribution in [0.4, 0.5) is 26.3 Å². The van der Waals surface area contributed by atoms with Gasteiger partial charge in [-0.3, -0.25) is 9.59 Å². The molecule has 0 aromatic heterocycles. The molecule has 0 bridgehead atoms. The van der Waals surface area contributed by atoms with Crippen LogP contribution in [0.2, 0.25) is 0 Å². The summed E-state index contributed by atoms with van der Waals surface area (Å²) in [7, 11) is 0. The molecular weight excluding hydrogens is 434 g/mol. The molecule has 1 aliphatic rings. The molecular formula is C16H6F6O8. The summed E-state index contributed by atoms with van der Waals surface area (Å²) in [6.45, 7) is 0. The molecule has 0 fully saturated rings. The first-order chi connectivity index (χ1) is 13.7. The van der Waals surface area contributed by atoms with E-state index in [1.165, 1.54) is 0 Å². The monoisotopic (exact) mass is 440 g/mol. The van der Waals surface area contributed by atoms with Gasteiger partial charge in [0.1, 0.15) is 28.6 Å². The van der Waals surface area contributed by atoms with Gasteiger partial charge in [0.25, 0.3) is 5.41 Å². The fraction of sp³-hybridized carbons (Fsp3) is 0.125. The molecule has 160 valence electrons. The topological polar surface area (TPSA) is 149 Å². The van der Waals surface area contributed by atoms with Gasteiger partial charge in [0, 0.05) is 5.57 Å². The largest absolute Gasteiger partial charge is 0.480 e. The lowest BCUT2D eigenvalue weighted by Gasteiger charge is -2.30. The van der Waals surface area contributed by atoms with Gasteiger partial charge in [0.05, 0.1) is 5.56 Å². The lowest BCUT2D eigenvalue weighted by atomic mass is 9.75. The van der Waals surface area contributed by atoms with Gasteiger partial charge < -0.3 is 20.4 Å². The molecule has 0 radical (unpaired) electrons. The number of allylic oxidation sites excluding steroid dienone is 3. The Hall–Kier alpha value is -3.84. The van der Waals surface area contributed by atoms with Crippen molar-refractivity contribution in [3.05, 3.63) is 51.9 Å². The minimum absolute atomic E-state index is 0.472. The maximum Gasteiger partial charge on any atom is 0.339 e. The van der Waals surface area contributed by atoms with Crippen LogP contribution >= 0.6 is 0 Å². The number of aliphatic carboxylic acids is 2. The van der Waals surface area contributed by atoms with Crippen LogP contribution in [-0.4, -0.2) is 50.5 Å². The first kappa shape index (κ1) is 22.4. The van der Waals surface area contributed by atoms with Gasteiger partial charge in [-0.1, -0.05) is 0 Å². The number of hydrogen-bond donors (Lipinski definition) is 4. The number of carboxylic acids is 4. The fourth-order valence-corrected chi connectivity index (χ4v) is 2.76. The lowest BCUT2D eigenvalue weighted by Crippen LogP contribution is -2.49. The molecule has 1 aromatic rings. The van der Waals surface area contributed by atoms with E-state index in [0.29, 0.717) is 0 Å². The average Bonchev–Trinajstić information content (AvgIpc) is 2.61. The second-order valence-corrected chi connectivity index (χ2v) is 5.71. The second-order valence-electron chi connectivity index (χ2n) is 5.71. The third-order valence-electron chi connectivity index (χ3n) is 4.20. The second kappa shape index (κ2) is 7.20. The van der Waals surface area contributed by atoms with Gasteiger partial charge >= 0.3 is 23.9 Å². The van der Waals surface area contributed by atoms with Gasteiger partial charge in [-0.15, -0.1) is 0 Å². The van der Waals surface area contributed by atoms with E-state index >= 15 is 0 Å². The van der Waals surface area contributed by atoms with Crippen molar-refractivity contribution >= 4 is 29.5 Å². The highest BCUT2D eigenvalue weighted by atomic mass is 19.2. The number of rotatable bonds is 5. The van der Waals surface area contributed by atoms with E-state index in [9.17, 15) is 45.5 Å². The normalized spacial score (nSPS) is 18.1. The number of hydrogen-bond acceptors (Lipinski definition) is 4. The van der Waals surface area contributed by atoms with Gasteiger partial charge in [-0.2, -0.15) is 0 Å². The van der Waals surface area contributed by atoms with Crippen molar-refractivity contribution in [2.75, 3.05) is 0 Å². The third-order valence-corrected chi connectivity index (χ3v) is 4.20. The van der Waals surface area contributed by atoms with Crippen molar-refractivity contribution in [1.82, 2.24) is 0 Å². The number of halogens is 6. The smallest absolute Gasteiger partial charge is 0.339 e. The van der Waals surface area contributed by atoms with Crippen molar-refractivity contribution in [2.24, 2.45) is 5.41 Å². The maximum absolute atomic E-state index is 14.5. The van der Waals surface area contributed by atoms with E-state index in [1.54, 1.807) is 0 Å². The SMILES string of the molecule is O=C(O)c1c(F)c(F)c(C2=C(F)C(F)C(C(=O)O)(C(=O)O)C(F)=C2)c(F)c1C(=O)O. The molecule has 1 aromatic carbocycles. The highest BCUT2D eigenvalue weighted by Crippen LogP contribution is 2.48. The quantitative estimate of drug-likeness (QED) is 0.310. The molecule has 30 heavy (non-hydrogen) atoms. The van der Waals surface area contributed by atoms with E-state index in [1.807, 2.05) is 0 Å². The maximum atomic E-state index is 14.5. The Bertz CT molecular complexity index is 1080. The molecule has 0 aliphatic heterocycles. The minimum atomic E-state index is -4.18. The zero-order chi connectivity index (χ0) is 23.3. The van der Waals surface area contributed by atoms with Crippen LogP contribution in [0.1, 0.15) is 26.3 Å². The standard InChI is InChI=1S/C16H6F6O8/c17-3-1-2(7(18)11(22)16(3,14(27)28)15(29)30)4-8(19)5(12(23)24)6(13(25)26)10(21)9(4)20/h1,11H,(H,23,24)(H,25,26)(H,27,28)(H,29,30). The molecule has 0 saturated heterocycles. The Morgan fingerprint density at radius 1 is 0.767 bits per heavy atom. The summed E-state index contributed by atoms with van der Waals surface area (Å²) >= 11 is 0. The Balaban J connectivity index is 2.98. The Kier molecular flexibility index (Phi) is 5.39. The summed E-state index contributed by atoms with van der Waals surface area (Å²) in [5.74, 6) is -23.0. The summed E-state index contributed by atoms with van der Waals surface area (Å²) in [4.78, 5) is 44.3. The van der Waals surface area contributed by atoms with Crippen LogP contribution in [0, 0.1) is 22.9 Å². The predicted molar refractivity (Wildman–Crippen MR) is 80.1 cm³/mol. The molecule has 8 nitrogen and oxygen atoms in total. The number of carboxylic acid groups (broad SMARTS) is 4. The van der Waals surface area contributed by atoms with E-state index in [-0.39, 0.29) is 0 Å². The van der Waals surface area contributed by atoms with Crippen LogP contribution in [-0.2, 0) is 9.59 Å². The van der Waals surface area contributed by atoms with Crippen molar-refractivity contribution in [3.63, 3.8) is 0 Å². The molecule has 2 rings (SSSR count). The number of aromatic carboxylic acids is 2. The van der Waals surface area contributed by atoms with Crippen LogP contribution in [0.5, 0.6) is 0 Å². The molecule has 0 heterocycles. The Morgan fingerprint density at radius 2 is 1.20 bits per heavy atom. The fourth-order valence-electron chi connectivity index (χ4n) is 2.76. The zero-order valence-electron chi connectivity index (χ0n) is 13.8. The lowest BCUT2D eigenvalue weighted by molar-refractivity contribution is -0.167. The van der Waals surface area contributed by atoms with Crippen molar-refractivity contribution in [1.29, 1.82) is 0 Å². The van der Waals surface area contributed by atoms with Crippen LogP contribution in [0.3, 0.4) is 0 Å². The molecule has 1 unspecified atom stereocenters. The first-order valence-electron chi connectivity index (χ1n) is 7.28. The molecule has 0 spiro atoms. The van der Waals surface area contributed by atoms with E-state index in [4.69, 9.17) is 20.4 Å². The number of carbonyl (C=O) groups is 4. The summed E-state index contributed by atoms with van der Waals surface area (Å²) < 4.78 is 86.0. The molecule has 4 N–H and O–H groups in total. The highest BCUT2D eigenvalue weighted by Gasteiger charge is 2.62. The highest BCUT2D eigenvalue weighted by molar-refractivity contribution is 6.06. The summed E-state index contributed by atoms with van der Waals surface area (Å²) in [6.07, 6.45) is -4.39. The van der Waals surface area contributed by atoms with Crippen LogP contribution in [0.25, 0.3) is 5.57 Å². The van der Waals surface area contributed by atoms with Crippen LogP contribution in [0.15, 0.2) is 17.7 Å². The number of alkyl halides is 1. The molecule has 0 saturated carbocycles. The molecule has 0 amide bonds. The zero-order valence-corrected chi connectivity index (χ0v) is 13.8. The molecule has 1 atom stereocenters. The van der Waals surface area contributed by atoms with Gasteiger partial charge in [0.2, 0.25) is 0 Å². The van der Waals surface area contributed by atoms with E-state index < -0.39 is 92.9 Å². The van der Waals surface area contributed by atoms with Gasteiger partial charge in [-0.05, 0) is 6.08 Å². The Labute approximate surface area is 160 Å². The van der Waals surface area contributed by atoms with Crippen molar-refractivity contribution in [2.45, 2.75) is 6.17 Å². The summed E-state index contributed by atoms with van der Waals surface area (Å²) in [6, 6.07) is 0. The molecule has 14 heteroatoms. The minimum Gasteiger partial charge on any atom is -0.480 e. The first-order valence-corrected chi connectivity index (χ1v) is 7.28. The average molecular weight is 440 g/mol. The summed E-state index contributed by atoms with van der Waals surface area (Å²) in [5, 5.41) is 35.5. The van der Waals surface area contributed by atoms with E-state index in [0.717, 1.165) is 0 Å². The van der Waals surface area contributed by atoms with Crippen molar-refractivity contribution < 1.29 is 65.9 Å². The molecule has 1 aliphatic carbocycles.